The maximum absolute atomic E-state index is 13.1. The molecule has 528 valence electrons. The molecule has 3 atom stereocenters. The maximum atomic E-state index is 13.1. The van der Waals surface area contributed by atoms with E-state index in [0.717, 1.165) is 38.5 Å². The number of likely N-dealkylation sites (N-methyl/N-ethyl adjacent to an activating group) is 1. The Labute approximate surface area is 552 Å². The topological polar surface area (TPSA) is 108 Å². The molecule has 3 unspecified atom stereocenters. The third kappa shape index (κ3) is 72.9. The molecular formula is C79H161N2O6P. The van der Waals surface area contributed by atoms with Crippen molar-refractivity contribution in [2.45, 2.75) is 463 Å². The molecular weight excluding hydrogens is 1100 g/mol. The summed E-state index contributed by atoms with van der Waals surface area (Å²) in [4.78, 5) is 25.7. The average molecular weight is 1270 g/mol. The molecule has 0 fully saturated rings. The lowest BCUT2D eigenvalue weighted by molar-refractivity contribution is -0.870. The highest BCUT2D eigenvalue weighted by molar-refractivity contribution is 7.45. The minimum absolute atomic E-state index is 0.0171. The van der Waals surface area contributed by atoms with E-state index < -0.39 is 20.0 Å². The number of amides is 1. The van der Waals surface area contributed by atoms with Crippen LogP contribution in [-0.2, 0) is 18.4 Å². The summed E-state index contributed by atoms with van der Waals surface area (Å²) in [6, 6.07) is -0.798. The smallest absolute Gasteiger partial charge is 0.268 e. The summed E-state index contributed by atoms with van der Waals surface area (Å²) in [6.45, 7) is 4.81. The molecule has 0 radical (unpaired) electrons. The number of hydrogen-bond donors (Lipinski definition) is 2. The van der Waals surface area contributed by atoms with Gasteiger partial charge >= 0.3 is 0 Å². The van der Waals surface area contributed by atoms with Crippen LogP contribution in [0.1, 0.15) is 450 Å². The first-order chi connectivity index (χ1) is 43.0. The van der Waals surface area contributed by atoms with E-state index in [2.05, 4.69) is 19.2 Å². The van der Waals surface area contributed by atoms with Gasteiger partial charge in [0.05, 0.1) is 39.9 Å². The van der Waals surface area contributed by atoms with Crippen molar-refractivity contribution in [3.05, 3.63) is 0 Å². The van der Waals surface area contributed by atoms with E-state index in [9.17, 15) is 19.4 Å². The lowest BCUT2D eigenvalue weighted by Crippen LogP contribution is -2.46. The molecule has 88 heavy (non-hydrogen) atoms. The minimum Gasteiger partial charge on any atom is -0.756 e. The van der Waals surface area contributed by atoms with Crippen molar-refractivity contribution < 1.29 is 32.9 Å². The standard InChI is InChI=1S/C79H161N2O6P/c1-6-8-10-12-14-16-18-20-22-24-26-28-30-32-33-34-35-36-37-38-39-40-41-42-43-44-45-46-47-49-51-53-55-57-59-61-63-65-67-69-71-73-79(83)80-77(76-87-88(84,85)86-75-74-81(3,4)5)78(82)72-70-68-66-64-62-60-58-56-54-52-50-48-31-29-27-25-23-21-19-17-15-13-11-9-7-2/h77-78,82H,6-76H2,1-5H3,(H-,80,83,84,85). The second-order valence-corrected chi connectivity index (χ2v) is 30.9. The molecule has 0 bridgehead atoms. The van der Waals surface area contributed by atoms with E-state index in [1.807, 2.05) is 21.1 Å². The highest BCUT2D eigenvalue weighted by Gasteiger charge is 2.24. The molecule has 1 amide bonds. The molecule has 0 aliphatic carbocycles. The number of nitrogens with zero attached hydrogens (tertiary/aromatic N) is 1. The van der Waals surface area contributed by atoms with E-state index in [1.54, 1.807) is 0 Å². The van der Waals surface area contributed by atoms with E-state index in [4.69, 9.17) is 9.05 Å². The highest BCUT2D eigenvalue weighted by Crippen LogP contribution is 2.38. The molecule has 8 nitrogen and oxygen atoms in total. The number of carbonyl (C=O) groups excluding carboxylic acids is 1. The van der Waals surface area contributed by atoms with Gasteiger partial charge in [-0.3, -0.25) is 9.36 Å². The predicted octanol–water partition coefficient (Wildman–Crippen LogP) is 25.6. The second kappa shape index (κ2) is 70.8. The normalized spacial score (nSPS) is 13.4. The Bertz CT molecular complexity index is 1390. The van der Waals surface area contributed by atoms with Gasteiger partial charge in [-0.05, 0) is 12.8 Å². The Morgan fingerprint density at radius 2 is 0.557 bits per heavy atom. The zero-order chi connectivity index (χ0) is 64.1. The van der Waals surface area contributed by atoms with Crippen LogP contribution in [-0.4, -0.2) is 68.5 Å². The molecule has 0 aromatic heterocycles. The summed E-state index contributed by atoms with van der Waals surface area (Å²) in [5.41, 5.74) is 0. The van der Waals surface area contributed by atoms with Crippen molar-refractivity contribution in [3.63, 3.8) is 0 Å². The van der Waals surface area contributed by atoms with Gasteiger partial charge in [-0.1, -0.05) is 431 Å². The number of phosphoric ester groups is 1. The molecule has 0 saturated carbocycles. The Hall–Kier alpha value is -0.500. The molecule has 0 saturated heterocycles. The lowest BCUT2D eigenvalue weighted by Gasteiger charge is -2.30. The molecule has 0 aromatic rings. The van der Waals surface area contributed by atoms with E-state index in [1.165, 1.54) is 385 Å². The van der Waals surface area contributed by atoms with E-state index in [-0.39, 0.29) is 19.1 Å². The predicted molar refractivity (Wildman–Crippen MR) is 386 cm³/mol. The van der Waals surface area contributed by atoms with Gasteiger partial charge in [-0.15, -0.1) is 0 Å². The van der Waals surface area contributed by atoms with Gasteiger partial charge in [0.15, 0.2) is 0 Å². The summed E-state index contributed by atoms with van der Waals surface area (Å²) in [7, 11) is 1.33. The number of rotatable bonds is 77. The molecule has 0 spiro atoms. The van der Waals surface area contributed by atoms with Crippen LogP contribution in [0.2, 0.25) is 0 Å². The number of aliphatic hydroxyl groups is 1. The molecule has 0 aromatic carbocycles. The number of aliphatic hydroxyl groups excluding tert-OH is 1. The minimum atomic E-state index is -4.58. The van der Waals surface area contributed by atoms with Gasteiger partial charge in [-0.25, -0.2) is 0 Å². The van der Waals surface area contributed by atoms with Gasteiger partial charge in [0, 0.05) is 6.42 Å². The van der Waals surface area contributed by atoms with E-state index >= 15 is 0 Å². The third-order valence-electron chi connectivity index (χ3n) is 19.3. The van der Waals surface area contributed by atoms with Crippen molar-refractivity contribution >= 4 is 13.7 Å². The summed E-state index contributed by atoms with van der Waals surface area (Å²) >= 11 is 0. The van der Waals surface area contributed by atoms with Crippen molar-refractivity contribution in [2.75, 3.05) is 40.9 Å². The van der Waals surface area contributed by atoms with Gasteiger partial charge in [0.25, 0.3) is 7.82 Å². The largest absolute Gasteiger partial charge is 0.756 e. The SMILES string of the molecule is CCCCCCCCCCCCCCCCCCCCCCCCCCCCCCCCCCCCCCCCCCCC(=O)NC(COP(=O)([O-])OCC[N+](C)(C)C)C(O)CCCCCCCCCCCCCCCCCCCCCCCCCCC. The number of unbranched alkanes of at least 4 members (excludes halogenated alkanes) is 64. The third-order valence-corrected chi connectivity index (χ3v) is 20.3. The summed E-state index contributed by atoms with van der Waals surface area (Å²) < 4.78 is 23.6. The zero-order valence-electron chi connectivity index (χ0n) is 60.7. The number of hydrogen-bond acceptors (Lipinski definition) is 6. The molecule has 0 rings (SSSR count). The van der Waals surface area contributed by atoms with Crippen LogP contribution in [0.5, 0.6) is 0 Å². The van der Waals surface area contributed by atoms with Crippen LogP contribution < -0.4 is 10.2 Å². The summed E-state index contributed by atoms with van der Waals surface area (Å²) in [5.74, 6) is -0.152. The first-order valence-corrected chi connectivity index (χ1v) is 41.8. The van der Waals surface area contributed by atoms with Gasteiger partial charge in [0.2, 0.25) is 5.91 Å². The van der Waals surface area contributed by atoms with Crippen LogP contribution >= 0.6 is 7.82 Å². The summed E-state index contributed by atoms with van der Waals surface area (Å²) in [5, 5.41) is 14.1. The van der Waals surface area contributed by atoms with Crippen molar-refractivity contribution in [1.29, 1.82) is 0 Å². The Morgan fingerprint density at radius 1 is 0.352 bits per heavy atom. The Kier molecular flexibility index (Phi) is 70.4. The number of nitrogens with one attached hydrogen (secondary N) is 1. The molecule has 0 heterocycles. The lowest BCUT2D eigenvalue weighted by atomic mass is 10.0. The molecule has 0 aliphatic heterocycles. The number of quaternary nitrogens is 1. The first-order valence-electron chi connectivity index (χ1n) is 40.4. The monoisotopic (exact) mass is 1270 g/mol. The maximum Gasteiger partial charge on any atom is 0.268 e. The summed E-state index contributed by atoms with van der Waals surface area (Å²) in [6.07, 6.45) is 91.0. The fraction of sp³-hybridized carbons (Fsp3) is 0.987. The average Bonchev–Trinajstić information content (AvgIpc) is 3.71. The molecule has 2 N–H and O–H groups in total. The van der Waals surface area contributed by atoms with Crippen molar-refractivity contribution in [3.8, 4) is 0 Å². The van der Waals surface area contributed by atoms with Crippen LogP contribution in [0.15, 0.2) is 0 Å². The zero-order valence-corrected chi connectivity index (χ0v) is 61.6. The van der Waals surface area contributed by atoms with Gasteiger partial charge in [-0.2, -0.15) is 0 Å². The Morgan fingerprint density at radius 3 is 0.773 bits per heavy atom. The van der Waals surface area contributed by atoms with Crippen molar-refractivity contribution in [2.24, 2.45) is 0 Å². The second-order valence-electron chi connectivity index (χ2n) is 29.5. The van der Waals surface area contributed by atoms with Crippen LogP contribution in [0.3, 0.4) is 0 Å². The highest BCUT2D eigenvalue weighted by atomic mass is 31.2. The van der Waals surface area contributed by atoms with Crippen molar-refractivity contribution in [1.82, 2.24) is 5.32 Å². The Balaban J connectivity index is 3.84. The van der Waals surface area contributed by atoms with Gasteiger partial charge < -0.3 is 28.8 Å². The number of phosphoric acid groups is 1. The fourth-order valence-corrected chi connectivity index (χ4v) is 13.8. The van der Waals surface area contributed by atoms with E-state index in [0.29, 0.717) is 23.9 Å². The molecule has 9 heteroatoms. The first kappa shape index (κ1) is 87.5. The quantitative estimate of drug-likeness (QED) is 0.0357. The van der Waals surface area contributed by atoms with Crippen LogP contribution in [0.25, 0.3) is 0 Å². The van der Waals surface area contributed by atoms with Gasteiger partial charge in [0.1, 0.15) is 13.2 Å². The molecule has 0 aliphatic rings. The van der Waals surface area contributed by atoms with Crippen LogP contribution in [0.4, 0.5) is 0 Å². The van der Waals surface area contributed by atoms with Crippen LogP contribution in [0, 0.1) is 0 Å². The fourth-order valence-electron chi connectivity index (χ4n) is 13.1. The number of carbonyl (C=O) groups is 1.